The Bertz CT molecular complexity index is 2780. The summed E-state index contributed by atoms with van der Waals surface area (Å²) in [6.07, 6.45) is 0. The minimum Gasteiger partial charge on any atom is -0.310 e. The summed E-state index contributed by atoms with van der Waals surface area (Å²) >= 11 is 1.87. The lowest BCUT2D eigenvalue weighted by molar-refractivity contribution is 0.660. The standard InChI is InChI=1S/C49H35NS/c1-49(2)43-28-26-33(37-21-12-15-32-14-6-7-18-36(32)37)30-41(43)42-31-35(27-29-44(42)49)50(34-16-4-3-5-17-34)45-23-10-8-19-38(45)39-22-13-25-47-48(39)40-20-9-11-24-46(40)51-47/h3-31H,1-2H3. The molecule has 0 unspecified atom stereocenters. The maximum Gasteiger partial charge on any atom is 0.0540 e. The molecule has 1 aromatic heterocycles. The molecule has 1 aliphatic rings. The maximum atomic E-state index is 2.45. The number of para-hydroxylation sites is 2. The van der Waals surface area contributed by atoms with Crippen LogP contribution in [-0.2, 0) is 5.41 Å². The van der Waals surface area contributed by atoms with E-state index in [4.69, 9.17) is 0 Å². The van der Waals surface area contributed by atoms with Crippen LogP contribution in [0.4, 0.5) is 17.1 Å². The average molecular weight is 670 g/mol. The summed E-state index contributed by atoms with van der Waals surface area (Å²) in [5.74, 6) is 0. The van der Waals surface area contributed by atoms with Gasteiger partial charge in [0, 0.05) is 42.5 Å². The number of fused-ring (bicyclic) bond motifs is 7. The minimum absolute atomic E-state index is 0.106. The van der Waals surface area contributed by atoms with E-state index < -0.39 is 0 Å². The highest BCUT2D eigenvalue weighted by Gasteiger charge is 2.36. The maximum absolute atomic E-state index is 2.45. The number of benzene rings is 8. The van der Waals surface area contributed by atoms with Crippen LogP contribution in [0.3, 0.4) is 0 Å². The normalized spacial score (nSPS) is 13.1. The fourth-order valence-corrected chi connectivity index (χ4v) is 9.57. The quantitative estimate of drug-likeness (QED) is 0.176. The molecule has 0 fully saturated rings. The van der Waals surface area contributed by atoms with Crippen LogP contribution in [0.1, 0.15) is 25.0 Å². The topological polar surface area (TPSA) is 3.24 Å². The van der Waals surface area contributed by atoms with E-state index in [-0.39, 0.29) is 5.41 Å². The first kappa shape index (κ1) is 29.9. The second kappa shape index (κ2) is 11.6. The van der Waals surface area contributed by atoms with Crippen molar-refractivity contribution in [2.45, 2.75) is 19.3 Å². The first-order valence-corrected chi connectivity index (χ1v) is 18.5. The zero-order valence-electron chi connectivity index (χ0n) is 28.6. The molecule has 0 bridgehead atoms. The number of anilines is 3. The third-order valence-corrected chi connectivity index (χ3v) is 12.0. The van der Waals surface area contributed by atoms with E-state index in [1.165, 1.54) is 75.5 Å². The molecule has 9 aromatic rings. The predicted molar refractivity (Wildman–Crippen MR) is 220 cm³/mol. The molecule has 0 spiro atoms. The van der Waals surface area contributed by atoms with E-state index >= 15 is 0 Å². The second-order valence-electron chi connectivity index (χ2n) is 14.1. The molecule has 51 heavy (non-hydrogen) atoms. The number of hydrogen-bond donors (Lipinski definition) is 0. The Morgan fingerprint density at radius 1 is 0.431 bits per heavy atom. The van der Waals surface area contributed by atoms with Gasteiger partial charge in [0.2, 0.25) is 0 Å². The molecule has 0 atom stereocenters. The van der Waals surface area contributed by atoms with Gasteiger partial charge >= 0.3 is 0 Å². The smallest absolute Gasteiger partial charge is 0.0540 e. The molecule has 0 radical (unpaired) electrons. The zero-order chi connectivity index (χ0) is 34.1. The van der Waals surface area contributed by atoms with Crippen LogP contribution in [0.2, 0.25) is 0 Å². The van der Waals surface area contributed by atoms with Gasteiger partial charge in [-0.15, -0.1) is 11.3 Å². The van der Waals surface area contributed by atoms with Gasteiger partial charge in [0.25, 0.3) is 0 Å². The van der Waals surface area contributed by atoms with Crippen molar-refractivity contribution in [3.8, 4) is 33.4 Å². The summed E-state index contributed by atoms with van der Waals surface area (Å²) in [6, 6.07) is 64.8. The van der Waals surface area contributed by atoms with Crippen LogP contribution in [0.25, 0.3) is 64.3 Å². The third-order valence-electron chi connectivity index (χ3n) is 10.9. The Labute approximate surface area is 302 Å². The van der Waals surface area contributed by atoms with Crippen molar-refractivity contribution >= 4 is 59.3 Å². The summed E-state index contributed by atoms with van der Waals surface area (Å²) < 4.78 is 2.63. The van der Waals surface area contributed by atoms with Crippen LogP contribution in [0.5, 0.6) is 0 Å². The Balaban J connectivity index is 1.18. The van der Waals surface area contributed by atoms with E-state index in [1.807, 2.05) is 11.3 Å². The molecule has 0 amide bonds. The summed E-state index contributed by atoms with van der Waals surface area (Å²) in [7, 11) is 0. The molecule has 0 N–H and O–H groups in total. The Morgan fingerprint density at radius 2 is 1.06 bits per heavy atom. The summed E-state index contributed by atoms with van der Waals surface area (Å²) in [6.45, 7) is 4.73. The largest absolute Gasteiger partial charge is 0.310 e. The summed E-state index contributed by atoms with van der Waals surface area (Å²) in [5.41, 5.74) is 13.7. The molecule has 242 valence electrons. The molecule has 1 heterocycles. The number of nitrogens with zero attached hydrogens (tertiary/aromatic N) is 1. The van der Waals surface area contributed by atoms with Crippen molar-refractivity contribution in [3.63, 3.8) is 0 Å². The Kier molecular flexibility index (Phi) is 6.78. The molecule has 10 rings (SSSR count). The van der Waals surface area contributed by atoms with Gasteiger partial charge in [-0.3, -0.25) is 0 Å². The molecule has 1 aliphatic carbocycles. The first-order valence-electron chi connectivity index (χ1n) is 17.7. The molecular weight excluding hydrogens is 635 g/mol. The van der Waals surface area contributed by atoms with E-state index in [0.717, 1.165) is 17.1 Å². The van der Waals surface area contributed by atoms with Gasteiger partial charge in [-0.25, -0.2) is 0 Å². The molecule has 0 saturated carbocycles. The van der Waals surface area contributed by atoms with Crippen molar-refractivity contribution in [2.75, 3.05) is 4.90 Å². The lowest BCUT2D eigenvalue weighted by atomic mass is 9.82. The van der Waals surface area contributed by atoms with Gasteiger partial charge in [0.05, 0.1) is 5.69 Å². The van der Waals surface area contributed by atoms with Crippen molar-refractivity contribution in [1.82, 2.24) is 0 Å². The monoisotopic (exact) mass is 669 g/mol. The van der Waals surface area contributed by atoms with E-state index in [1.54, 1.807) is 0 Å². The highest BCUT2D eigenvalue weighted by molar-refractivity contribution is 7.25. The number of rotatable bonds is 5. The lowest BCUT2D eigenvalue weighted by Crippen LogP contribution is -2.15. The molecule has 8 aromatic carbocycles. The van der Waals surface area contributed by atoms with Gasteiger partial charge in [-0.2, -0.15) is 0 Å². The lowest BCUT2D eigenvalue weighted by Gasteiger charge is -2.29. The average Bonchev–Trinajstić information content (AvgIpc) is 3.67. The van der Waals surface area contributed by atoms with Crippen molar-refractivity contribution in [1.29, 1.82) is 0 Å². The fourth-order valence-electron chi connectivity index (χ4n) is 8.44. The van der Waals surface area contributed by atoms with Crippen LogP contribution in [0, 0.1) is 0 Å². The van der Waals surface area contributed by atoms with Crippen molar-refractivity contribution in [2.24, 2.45) is 0 Å². The fraction of sp³-hybridized carbons (Fsp3) is 0.0612. The van der Waals surface area contributed by atoms with Gasteiger partial charge in [0.15, 0.2) is 0 Å². The molecule has 0 aliphatic heterocycles. The van der Waals surface area contributed by atoms with Crippen LogP contribution in [-0.4, -0.2) is 0 Å². The van der Waals surface area contributed by atoms with Crippen molar-refractivity contribution < 1.29 is 0 Å². The van der Waals surface area contributed by atoms with E-state index in [9.17, 15) is 0 Å². The highest BCUT2D eigenvalue weighted by atomic mass is 32.1. The van der Waals surface area contributed by atoms with Crippen LogP contribution >= 0.6 is 11.3 Å². The minimum atomic E-state index is -0.106. The Hall–Kier alpha value is -5.96. The van der Waals surface area contributed by atoms with E-state index in [2.05, 4.69) is 195 Å². The third kappa shape index (κ3) is 4.67. The van der Waals surface area contributed by atoms with Crippen LogP contribution in [0.15, 0.2) is 176 Å². The predicted octanol–water partition coefficient (Wildman–Crippen LogP) is 14.3. The summed E-state index contributed by atoms with van der Waals surface area (Å²) in [4.78, 5) is 2.45. The summed E-state index contributed by atoms with van der Waals surface area (Å²) in [5, 5.41) is 5.19. The highest BCUT2D eigenvalue weighted by Crippen LogP contribution is 2.53. The molecular formula is C49H35NS. The van der Waals surface area contributed by atoms with Crippen molar-refractivity contribution in [3.05, 3.63) is 187 Å². The van der Waals surface area contributed by atoms with Gasteiger partial charge in [-0.05, 0) is 98.2 Å². The van der Waals surface area contributed by atoms with Crippen LogP contribution < -0.4 is 4.90 Å². The number of thiophene rings is 1. The zero-order valence-corrected chi connectivity index (χ0v) is 29.4. The van der Waals surface area contributed by atoms with E-state index in [0.29, 0.717) is 0 Å². The molecule has 0 saturated heterocycles. The number of hydrogen-bond acceptors (Lipinski definition) is 2. The first-order chi connectivity index (χ1) is 25.1. The molecule has 1 nitrogen and oxygen atoms in total. The van der Waals surface area contributed by atoms with Gasteiger partial charge in [-0.1, -0.05) is 141 Å². The SMILES string of the molecule is CC1(C)c2ccc(-c3cccc4ccccc34)cc2-c2cc(N(c3ccccc3)c3ccccc3-c3cccc4sc5ccccc5c34)ccc21. The second-order valence-corrected chi connectivity index (χ2v) is 15.2. The van der Waals surface area contributed by atoms with Gasteiger partial charge in [0.1, 0.15) is 0 Å². The molecule has 2 heteroatoms. The van der Waals surface area contributed by atoms with Gasteiger partial charge < -0.3 is 4.90 Å². The Morgan fingerprint density at radius 3 is 1.94 bits per heavy atom.